The highest BCUT2D eigenvalue weighted by Gasteiger charge is 2.15. The summed E-state index contributed by atoms with van der Waals surface area (Å²) in [5.74, 6) is 1.13. The van der Waals surface area contributed by atoms with Crippen LogP contribution in [0.2, 0.25) is 0 Å². The maximum absolute atomic E-state index is 12.0. The van der Waals surface area contributed by atoms with Gasteiger partial charge in [-0.15, -0.1) is 0 Å². The molecule has 1 amide bonds. The zero-order valence-electron chi connectivity index (χ0n) is 15.4. The van der Waals surface area contributed by atoms with Crippen LogP contribution in [0.5, 0.6) is 5.75 Å². The average molecular weight is 365 g/mol. The molecule has 140 valence electrons. The molecule has 0 spiro atoms. The van der Waals surface area contributed by atoms with E-state index in [4.69, 9.17) is 10.00 Å². The summed E-state index contributed by atoms with van der Waals surface area (Å²) in [6.45, 7) is 4.27. The van der Waals surface area contributed by atoms with E-state index >= 15 is 0 Å². The lowest BCUT2D eigenvalue weighted by atomic mass is 10.2. The smallest absolute Gasteiger partial charge is 0.258 e. The van der Waals surface area contributed by atoms with Crippen LogP contribution < -0.4 is 15.0 Å². The van der Waals surface area contributed by atoms with Gasteiger partial charge in [0.25, 0.3) is 5.91 Å². The van der Waals surface area contributed by atoms with Gasteiger partial charge in [-0.25, -0.2) is 4.98 Å². The molecule has 1 fully saturated rings. The van der Waals surface area contributed by atoms with E-state index in [2.05, 4.69) is 27.1 Å². The fourth-order valence-electron chi connectivity index (χ4n) is 2.82. The molecule has 0 aliphatic carbocycles. The van der Waals surface area contributed by atoms with Gasteiger partial charge in [0, 0.05) is 38.9 Å². The van der Waals surface area contributed by atoms with Gasteiger partial charge in [0.2, 0.25) is 0 Å². The largest absolute Gasteiger partial charge is 0.482 e. The van der Waals surface area contributed by atoms with Crippen LogP contribution in [0.3, 0.4) is 0 Å². The third-order valence-electron chi connectivity index (χ3n) is 4.49. The Kier molecular flexibility index (Phi) is 6.23. The van der Waals surface area contributed by atoms with Crippen molar-refractivity contribution in [3.63, 3.8) is 0 Å². The van der Waals surface area contributed by atoms with Crippen LogP contribution in [0.1, 0.15) is 11.1 Å². The summed E-state index contributed by atoms with van der Waals surface area (Å²) < 4.78 is 5.42. The number of aromatic nitrogens is 1. The molecule has 1 aliphatic rings. The first-order valence-electron chi connectivity index (χ1n) is 8.93. The first-order valence-corrected chi connectivity index (χ1v) is 8.93. The van der Waals surface area contributed by atoms with Crippen LogP contribution in [-0.2, 0) is 11.3 Å². The summed E-state index contributed by atoms with van der Waals surface area (Å²) in [7, 11) is 2.12. The SMILES string of the molecule is CN1CCN(c2ccc(CNC(=O)COc3ccccc3C#N)cn2)CC1. The molecule has 2 aromatic rings. The first-order chi connectivity index (χ1) is 13.2. The van der Waals surface area contributed by atoms with E-state index in [0.29, 0.717) is 17.9 Å². The number of nitriles is 1. The number of hydrogen-bond acceptors (Lipinski definition) is 6. The van der Waals surface area contributed by atoms with E-state index < -0.39 is 0 Å². The number of anilines is 1. The molecule has 1 saturated heterocycles. The molecule has 7 heteroatoms. The maximum atomic E-state index is 12.0. The van der Waals surface area contributed by atoms with E-state index in [0.717, 1.165) is 37.6 Å². The van der Waals surface area contributed by atoms with E-state index in [1.165, 1.54) is 0 Å². The molecule has 0 atom stereocenters. The van der Waals surface area contributed by atoms with Gasteiger partial charge >= 0.3 is 0 Å². The average Bonchev–Trinajstić information content (AvgIpc) is 2.72. The van der Waals surface area contributed by atoms with Crippen molar-refractivity contribution in [2.75, 3.05) is 44.7 Å². The molecule has 1 aromatic carbocycles. The van der Waals surface area contributed by atoms with Gasteiger partial charge in [-0.1, -0.05) is 18.2 Å². The second kappa shape index (κ2) is 9.01. The van der Waals surface area contributed by atoms with Crippen molar-refractivity contribution in [2.45, 2.75) is 6.54 Å². The normalized spacial score (nSPS) is 14.4. The van der Waals surface area contributed by atoms with E-state index in [1.54, 1.807) is 30.5 Å². The standard InChI is InChI=1S/C20H23N5O2/c1-24-8-10-25(11-9-24)19-7-6-16(13-22-19)14-23-20(26)15-27-18-5-3-2-4-17(18)12-21/h2-7,13H,8-11,14-15H2,1H3,(H,23,26). The van der Waals surface area contributed by atoms with Crippen LogP contribution in [0.4, 0.5) is 5.82 Å². The topological polar surface area (TPSA) is 81.5 Å². The molecule has 0 saturated carbocycles. The van der Waals surface area contributed by atoms with Gasteiger partial charge in [0.15, 0.2) is 6.61 Å². The van der Waals surface area contributed by atoms with Crippen molar-refractivity contribution in [3.8, 4) is 11.8 Å². The lowest BCUT2D eigenvalue weighted by molar-refractivity contribution is -0.123. The van der Waals surface area contributed by atoms with Gasteiger partial charge in [0.05, 0.1) is 5.56 Å². The van der Waals surface area contributed by atoms with Crippen molar-refractivity contribution >= 4 is 11.7 Å². The Hall–Kier alpha value is -3.11. The highest BCUT2D eigenvalue weighted by Crippen LogP contribution is 2.16. The van der Waals surface area contributed by atoms with E-state index in [9.17, 15) is 4.79 Å². The van der Waals surface area contributed by atoms with E-state index in [1.807, 2.05) is 18.2 Å². The number of benzene rings is 1. The minimum absolute atomic E-state index is 0.133. The summed E-state index contributed by atoms with van der Waals surface area (Å²) in [4.78, 5) is 21.1. The molecule has 1 aromatic heterocycles. The molecule has 0 radical (unpaired) electrons. The second-order valence-corrected chi connectivity index (χ2v) is 6.49. The Morgan fingerprint density at radius 2 is 2.00 bits per heavy atom. The Labute approximate surface area is 159 Å². The molecule has 0 unspecified atom stereocenters. The Bertz CT molecular complexity index is 808. The third-order valence-corrected chi connectivity index (χ3v) is 4.49. The first kappa shape index (κ1) is 18.7. The molecule has 1 aliphatic heterocycles. The lowest BCUT2D eigenvalue weighted by Crippen LogP contribution is -2.44. The third kappa shape index (κ3) is 5.19. The molecule has 27 heavy (non-hydrogen) atoms. The van der Waals surface area contributed by atoms with Gasteiger partial charge in [-0.3, -0.25) is 4.79 Å². The highest BCUT2D eigenvalue weighted by molar-refractivity contribution is 5.77. The number of nitrogens with one attached hydrogen (secondary N) is 1. The lowest BCUT2D eigenvalue weighted by Gasteiger charge is -2.33. The minimum Gasteiger partial charge on any atom is -0.482 e. The summed E-state index contributed by atoms with van der Waals surface area (Å²) >= 11 is 0. The van der Waals surface area contributed by atoms with Crippen LogP contribution >= 0.6 is 0 Å². The number of carbonyl (C=O) groups is 1. The van der Waals surface area contributed by atoms with Crippen molar-refractivity contribution in [1.29, 1.82) is 5.26 Å². The molecule has 3 rings (SSSR count). The Balaban J connectivity index is 1.45. The molecule has 7 nitrogen and oxygen atoms in total. The number of rotatable bonds is 6. The second-order valence-electron chi connectivity index (χ2n) is 6.49. The maximum Gasteiger partial charge on any atom is 0.258 e. The van der Waals surface area contributed by atoms with Crippen LogP contribution in [-0.4, -0.2) is 55.6 Å². The summed E-state index contributed by atoms with van der Waals surface area (Å²) in [5.41, 5.74) is 1.34. The number of pyridine rings is 1. The predicted molar refractivity (Wildman–Crippen MR) is 102 cm³/mol. The van der Waals surface area contributed by atoms with Crippen molar-refractivity contribution < 1.29 is 9.53 Å². The number of amides is 1. The molecule has 2 heterocycles. The monoisotopic (exact) mass is 365 g/mol. The van der Waals surface area contributed by atoms with Crippen LogP contribution in [0, 0.1) is 11.3 Å². The Morgan fingerprint density at radius 1 is 1.22 bits per heavy atom. The van der Waals surface area contributed by atoms with Crippen molar-refractivity contribution in [2.24, 2.45) is 0 Å². The number of para-hydroxylation sites is 1. The molecular formula is C20H23N5O2. The molecular weight excluding hydrogens is 342 g/mol. The zero-order valence-corrected chi connectivity index (χ0v) is 15.4. The van der Waals surface area contributed by atoms with Crippen molar-refractivity contribution in [1.82, 2.24) is 15.2 Å². The van der Waals surface area contributed by atoms with Gasteiger partial charge in [0.1, 0.15) is 17.6 Å². The highest BCUT2D eigenvalue weighted by atomic mass is 16.5. The fraction of sp³-hybridized carbons (Fsp3) is 0.350. The minimum atomic E-state index is -0.245. The quantitative estimate of drug-likeness (QED) is 0.833. The number of ether oxygens (including phenoxy) is 1. The summed E-state index contributed by atoms with van der Waals surface area (Å²) in [5, 5.41) is 11.8. The Morgan fingerprint density at radius 3 is 2.70 bits per heavy atom. The molecule has 0 bridgehead atoms. The van der Waals surface area contributed by atoms with Crippen molar-refractivity contribution in [3.05, 3.63) is 53.7 Å². The number of nitrogens with zero attached hydrogens (tertiary/aromatic N) is 4. The van der Waals surface area contributed by atoms with Crippen LogP contribution in [0.25, 0.3) is 0 Å². The number of piperazine rings is 1. The zero-order chi connectivity index (χ0) is 19.1. The predicted octanol–water partition coefficient (Wildman–Crippen LogP) is 1.40. The summed E-state index contributed by atoms with van der Waals surface area (Å²) in [6.07, 6.45) is 1.79. The van der Waals surface area contributed by atoms with Crippen LogP contribution in [0.15, 0.2) is 42.6 Å². The van der Waals surface area contributed by atoms with Gasteiger partial charge in [-0.05, 0) is 30.8 Å². The number of carbonyl (C=O) groups excluding carboxylic acids is 1. The van der Waals surface area contributed by atoms with Gasteiger partial charge in [-0.2, -0.15) is 5.26 Å². The number of likely N-dealkylation sites (N-methyl/N-ethyl adjacent to an activating group) is 1. The molecule has 1 N–H and O–H groups in total. The van der Waals surface area contributed by atoms with Gasteiger partial charge < -0.3 is 19.9 Å². The summed E-state index contributed by atoms with van der Waals surface area (Å²) in [6, 6.07) is 12.9. The van der Waals surface area contributed by atoms with E-state index in [-0.39, 0.29) is 12.5 Å². The fourth-order valence-corrected chi connectivity index (χ4v) is 2.82. The number of hydrogen-bond donors (Lipinski definition) is 1.